The Morgan fingerprint density at radius 3 is 2.50 bits per heavy atom. The molecular weight excluding hydrogens is 416 g/mol. The third kappa shape index (κ3) is 5.09. The minimum Gasteiger partial charge on any atom is -0.444 e. The second kappa shape index (κ2) is 8.76. The van der Waals surface area contributed by atoms with Crippen LogP contribution in [0.2, 0.25) is 0 Å². The summed E-state index contributed by atoms with van der Waals surface area (Å²) in [7, 11) is -3.90. The molecule has 0 bridgehead atoms. The Morgan fingerprint density at radius 1 is 1.07 bits per heavy atom. The van der Waals surface area contributed by atoms with Gasteiger partial charge >= 0.3 is 6.09 Å². The van der Waals surface area contributed by atoms with Crippen molar-refractivity contribution < 1.29 is 26.7 Å². The predicted octanol–water partition coefficient (Wildman–Crippen LogP) is 3.29. The van der Waals surface area contributed by atoms with Gasteiger partial charge in [0.15, 0.2) is 0 Å². The predicted molar refractivity (Wildman–Crippen MR) is 108 cm³/mol. The SMILES string of the molecule is CC(C)(C)OC(=O)N1CCCN(S(=O)(=O)N2CCCC2c2cc(F)ccc2F)CC1. The minimum atomic E-state index is -3.90. The van der Waals surface area contributed by atoms with Gasteiger partial charge < -0.3 is 9.64 Å². The number of hydrogen-bond acceptors (Lipinski definition) is 4. The summed E-state index contributed by atoms with van der Waals surface area (Å²) < 4.78 is 62.6. The van der Waals surface area contributed by atoms with Crippen LogP contribution in [0.25, 0.3) is 0 Å². The van der Waals surface area contributed by atoms with Gasteiger partial charge in [-0.2, -0.15) is 17.0 Å². The van der Waals surface area contributed by atoms with E-state index in [9.17, 15) is 22.0 Å². The largest absolute Gasteiger partial charge is 0.444 e. The summed E-state index contributed by atoms with van der Waals surface area (Å²) in [5.74, 6) is -1.21. The standard InChI is InChI=1S/C20H29F2N3O4S/c1-20(2,3)29-19(26)23-9-5-10-24(13-12-23)30(27,28)25-11-4-6-18(25)16-14-15(21)7-8-17(16)22/h7-8,14,18H,4-6,9-13H2,1-3H3. The monoisotopic (exact) mass is 445 g/mol. The normalized spacial score (nSPS) is 22.2. The van der Waals surface area contributed by atoms with Gasteiger partial charge in [-0.1, -0.05) is 0 Å². The average molecular weight is 446 g/mol. The van der Waals surface area contributed by atoms with Crippen molar-refractivity contribution in [2.45, 2.75) is 51.7 Å². The van der Waals surface area contributed by atoms with Gasteiger partial charge in [0.05, 0.1) is 6.04 Å². The molecule has 0 spiro atoms. The molecule has 168 valence electrons. The lowest BCUT2D eigenvalue weighted by atomic mass is 10.0. The van der Waals surface area contributed by atoms with Crippen molar-refractivity contribution in [2.24, 2.45) is 0 Å². The van der Waals surface area contributed by atoms with Gasteiger partial charge in [0.1, 0.15) is 17.2 Å². The molecular formula is C20H29F2N3O4S. The van der Waals surface area contributed by atoms with E-state index in [1.165, 1.54) is 13.5 Å². The maximum Gasteiger partial charge on any atom is 0.410 e. The number of halogens is 2. The number of nitrogens with zero attached hydrogens (tertiary/aromatic N) is 3. The first kappa shape index (κ1) is 22.9. The van der Waals surface area contributed by atoms with Crippen LogP contribution >= 0.6 is 0 Å². The van der Waals surface area contributed by atoms with Crippen LogP contribution in [0.15, 0.2) is 18.2 Å². The van der Waals surface area contributed by atoms with Crippen LogP contribution < -0.4 is 0 Å². The molecule has 1 amide bonds. The molecule has 2 saturated heterocycles. The van der Waals surface area contributed by atoms with E-state index in [1.807, 2.05) is 0 Å². The highest BCUT2D eigenvalue weighted by Crippen LogP contribution is 2.37. The zero-order valence-corrected chi connectivity index (χ0v) is 18.4. The summed E-state index contributed by atoms with van der Waals surface area (Å²) in [6.45, 7) is 6.54. The van der Waals surface area contributed by atoms with Gasteiger partial charge in [0.2, 0.25) is 0 Å². The average Bonchev–Trinajstić information content (AvgIpc) is 2.99. The zero-order chi connectivity index (χ0) is 22.1. The van der Waals surface area contributed by atoms with Crippen LogP contribution in [-0.4, -0.2) is 66.3 Å². The highest BCUT2D eigenvalue weighted by molar-refractivity contribution is 7.86. The lowest BCUT2D eigenvalue weighted by molar-refractivity contribution is 0.0260. The van der Waals surface area contributed by atoms with Gasteiger partial charge in [-0.15, -0.1) is 0 Å². The molecule has 10 heteroatoms. The number of carbonyl (C=O) groups is 1. The van der Waals surface area contributed by atoms with Crippen molar-refractivity contribution in [3.8, 4) is 0 Å². The molecule has 0 aromatic heterocycles. The molecule has 2 heterocycles. The summed E-state index contributed by atoms with van der Waals surface area (Å²) in [4.78, 5) is 13.8. The van der Waals surface area contributed by atoms with Crippen molar-refractivity contribution >= 4 is 16.3 Å². The Kier molecular flexibility index (Phi) is 6.69. The Morgan fingerprint density at radius 2 is 1.80 bits per heavy atom. The Hall–Kier alpha value is -1.78. The van der Waals surface area contributed by atoms with Crippen molar-refractivity contribution in [3.05, 3.63) is 35.4 Å². The van der Waals surface area contributed by atoms with Gasteiger partial charge in [-0.05, 0) is 58.2 Å². The molecule has 3 rings (SSSR count). The number of ether oxygens (including phenoxy) is 1. The van der Waals surface area contributed by atoms with Crippen LogP contribution in [0.1, 0.15) is 51.6 Å². The van der Waals surface area contributed by atoms with Crippen LogP contribution in [0.4, 0.5) is 13.6 Å². The van der Waals surface area contributed by atoms with E-state index in [0.717, 1.165) is 18.2 Å². The van der Waals surface area contributed by atoms with E-state index in [2.05, 4.69) is 0 Å². The Labute approximate surface area is 176 Å². The second-order valence-electron chi connectivity index (χ2n) is 8.66. The molecule has 1 atom stereocenters. The summed E-state index contributed by atoms with van der Waals surface area (Å²) in [6.07, 6.45) is 0.989. The summed E-state index contributed by atoms with van der Waals surface area (Å²) in [5, 5.41) is 0. The molecule has 2 fully saturated rings. The lowest BCUT2D eigenvalue weighted by Crippen LogP contribution is -2.45. The van der Waals surface area contributed by atoms with Gasteiger partial charge in [-0.3, -0.25) is 0 Å². The van der Waals surface area contributed by atoms with E-state index < -0.39 is 39.6 Å². The Bertz CT molecular complexity index is 889. The van der Waals surface area contributed by atoms with E-state index in [0.29, 0.717) is 25.8 Å². The fourth-order valence-electron chi connectivity index (χ4n) is 3.88. The maximum absolute atomic E-state index is 14.3. The van der Waals surface area contributed by atoms with Crippen molar-refractivity contribution in [2.75, 3.05) is 32.7 Å². The lowest BCUT2D eigenvalue weighted by Gasteiger charge is -2.31. The fraction of sp³-hybridized carbons (Fsp3) is 0.650. The number of benzene rings is 1. The summed E-state index contributed by atoms with van der Waals surface area (Å²) in [5.41, 5.74) is -0.575. The topological polar surface area (TPSA) is 70.2 Å². The van der Waals surface area contributed by atoms with Crippen molar-refractivity contribution in [1.82, 2.24) is 13.5 Å². The molecule has 1 unspecified atom stereocenters. The molecule has 7 nitrogen and oxygen atoms in total. The van der Waals surface area contributed by atoms with Gasteiger partial charge in [-0.25, -0.2) is 13.6 Å². The molecule has 2 aliphatic heterocycles. The van der Waals surface area contributed by atoms with Crippen molar-refractivity contribution in [1.29, 1.82) is 0 Å². The molecule has 30 heavy (non-hydrogen) atoms. The third-order valence-corrected chi connectivity index (χ3v) is 7.30. The number of rotatable bonds is 3. The first-order chi connectivity index (χ1) is 14.0. The minimum absolute atomic E-state index is 0.0567. The quantitative estimate of drug-likeness (QED) is 0.716. The number of carbonyl (C=O) groups excluding carboxylic acids is 1. The molecule has 1 aromatic rings. The summed E-state index contributed by atoms with van der Waals surface area (Å²) in [6, 6.07) is 2.38. The first-order valence-corrected chi connectivity index (χ1v) is 11.6. The number of hydrogen-bond donors (Lipinski definition) is 0. The second-order valence-corrected chi connectivity index (χ2v) is 10.5. The number of amides is 1. The molecule has 0 saturated carbocycles. The van der Waals surface area contributed by atoms with Crippen LogP contribution in [0.5, 0.6) is 0 Å². The molecule has 0 aliphatic carbocycles. The smallest absolute Gasteiger partial charge is 0.410 e. The van der Waals surface area contributed by atoms with E-state index in [4.69, 9.17) is 4.74 Å². The highest BCUT2D eigenvalue weighted by atomic mass is 32.2. The summed E-state index contributed by atoms with van der Waals surface area (Å²) >= 11 is 0. The van der Waals surface area contributed by atoms with E-state index in [1.54, 1.807) is 20.8 Å². The van der Waals surface area contributed by atoms with Crippen LogP contribution in [0.3, 0.4) is 0 Å². The molecule has 0 radical (unpaired) electrons. The van der Waals surface area contributed by atoms with Crippen LogP contribution in [0, 0.1) is 11.6 Å². The van der Waals surface area contributed by atoms with Gasteiger partial charge in [0.25, 0.3) is 10.2 Å². The van der Waals surface area contributed by atoms with E-state index in [-0.39, 0.29) is 31.7 Å². The Balaban J connectivity index is 1.75. The first-order valence-electron chi connectivity index (χ1n) is 10.2. The van der Waals surface area contributed by atoms with Crippen LogP contribution in [-0.2, 0) is 14.9 Å². The molecule has 2 aliphatic rings. The maximum atomic E-state index is 14.3. The fourth-order valence-corrected chi connectivity index (χ4v) is 5.75. The van der Waals surface area contributed by atoms with Gasteiger partial charge in [0, 0.05) is 38.3 Å². The molecule has 0 N–H and O–H groups in total. The highest BCUT2D eigenvalue weighted by Gasteiger charge is 2.40. The van der Waals surface area contributed by atoms with Crippen molar-refractivity contribution in [3.63, 3.8) is 0 Å². The molecule has 1 aromatic carbocycles. The zero-order valence-electron chi connectivity index (χ0n) is 17.6. The van der Waals surface area contributed by atoms with E-state index >= 15 is 0 Å². The third-order valence-electron chi connectivity index (χ3n) is 5.25.